The zero-order chi connectivity index (χ0) is 29.2. The van der Waals surface area contributed by atoms with Crippen LogP contribution >= 0.6 is 23.2 Å². The third-order valence-corrected chi connectivity index (χ3v) is 7.93. The van der Waals surface area contributed by atoms with Crippen molar-refractivity contribution in [2.75, 3.05) is 30.3 Å². The Labute approximate surface area is 242 Å². The number of carbonyl (C=O) groups is 2. The van der Waals surface area contributed by atoms with E-state index in [2.05, 4.69) is 5.32 Å². The average Bonchev–Trinajstić information content (AvgIpc) is 2.87. The molecule has 2 aromatic rings. The number of benzene rings is 2. The van der Waals surface area contributed by atoms with Crippen LogP contribution in [0.2, 0.25) is 10.0 Å². The smallest absolute Gasteiger partial charge is 0.242 e. The van der Waals surface area contributed by atoms with Crippen LogP contribution in [0.15, 0.2) is 42.5 Å². The summed E-state index contributed by atoms with van der Waals surface area (Å²) in [5, 5.41) is 3.68. The quantitative estimate of drug-likeness (QED) is 0.291. The van der Waals surface area contributed by atoms with Gasteiger partial charge in [-0.2, -0.15) is 0 Å². The lowest BCUT2D eigenvalue weighted by atomic mass is 10.1. The highest BCUT2D eigenvalue weighted by Gasteiger charge is 2.29. The highest BCUT2D eigenvalue weighted by atomic mass is 35.5. The molecule has 2 rings (SSSR count). The molecule has 216 valence electrons. The molecule has 0 saturated carbocycles. The number of amides is 2. The number of halogens is 2. The van der Waals surface area contributed by atoms with Gasteiger partial charge in [0.1, 0.15) is 11.8 Å². The minimum Gasteiger partial charge on any atom is -0.494 e. The summed E-state index contributed by atoms with van der Waals surface area (Å²) in [6.07, 6.45) is 1.87. The Hall–Kier alpha value is -2.49. The molecule has 1 atom stereocenters. The molecule has 0 aliphatic heterocycles. The number of hydrogen-bond acceptors (Lipinski definition) is 5. The van der Waals surface area contributed by atoms with Crippen molar-refractivity contribution in [3.8, 4) is 5.75 Å². The molecule has 0 aliphatic rings. The van der Waals surface area contributed by atoms with E-state index in [0.29, 0.717) is 41.1 Å². The molecule has 0 radical (unpaired) electrons. The maximum atomic E-state index is 13.5. The van der Waals surface area contributed by atoms with Crippen molar-refractivity contribution in [1.82, 2.24) is 10.2 Å². The third-order valence-electron chi connectivity index (χ3n) is 6.00. The topological polar surface area (TPSA) is 96.0 Å². The van der Waals surface area contributed by atoms with Crippen molar-refractivity contribution in [2.45, 2.75) is 59.5 Å². The minimum absolute atomic E-state index is 0.0539. The second kappa shape index (κ2) is 15.3. The monoisotopic (exact) mass is 599 g/mol. The van der Waals surface area contributed by atoms with Gasteiger partial charge in [0.15, 0.2) is 0 Å². The Morgan fingerprint density at radius 2 is 1.69 bits per heavy atom. The van der Waals surface area contributed by atoms with Crippen molar-refractivity contribution in [3.63, 3.8) is 0 Å². The Morgan fingerprint density at radius 1 is 1.03 bits per heavy atom. The molecule has 2 amide bonds. The van der Waals surface area contributed by atoms with Crippen LogP contribution in [0.1, 0.15) is 52.5 Å². The summed E-state index contributed by atoms with van der Waals surface area (Å²) in [6, 6.07) is 11.2. The molecular weight excluding hydrogens is 561 g/mol. The minimum atomic E-state index is -3.59. The molecule has 0 aromatic heterocycles. The van der Waals surface area contributed by atoms with Gasteiger partial charge < -0.3 is 15.0 Å². The molecule has 0 saturated heterocycles. The van der Waals surface area contributed by atoms with Crippen LogP contribution < -0.4 is 14.4 Å². The summed E-state index contributed by atoms with van der Waals surface area (Å²) in [4.78, 5) is 28.1. The first-order valence-electron chi connectivity index (χ1n) is 13.1. The maximum Gasteiger partial charge on any atom is 0.242 e. The molecule has 0 bridgehead atoms. The van der Waals surface area contributed by atoms with Gasteiger partial charge in [0, 0.05) is 26.1 Å². The van der Waals surface area contributed by atoms with Crippen LogP contribution in [0.4, 0.5) is 5.69 Å². The van der Waals surface area contributed by atoms with E-state index < -0.39 is 16.1 Å². The predicted molar refractivity (Wildman–Crippen MR) is 158 cm³/mol. The molecule has 8 nitrogen and oxygen atoms in total. The molecule has 39 heavy (non-hydrogen) atoms. The predicted octanol–water partition coefficient (Wildman–Crippen LogP) is 5.52. The molecule has 2 aromatic carbocycles. The lowest BCUT2D eigenvalue weighted by Crippen LogP contribution is -2.49. The van der Waals surface area contributed by atoms with E-state index in [1.165, 1.54) is 9.21 Å². The second-order valence-electron chi connectivity index (χ2n) is 9.70. The molecule has 1 N–H and O–H groups in total. The SMILES string of the molecule is CCOc1ccc(N(CCCC(=O)N(Cc2ccc(Cl)c(Cl)c2)[C@H](CC)C(=O)NCC(C)C)S(C)(=O)=O)cc1. The first-order valence-corrected chi connectivity index (χ1v) is 15.7. The van der Waals surface area contributed by atoms with Crippen molar-refractivity contribution in [1.29, 1.82) is 0 Å². The van der Waals surface area contributed by atoms with E-state index in [-0.39, 0.29) is 43.7 Å². The van der Waals surface area contributed by atoms with Crippen LogP contribution in [0.25, 0.3) is 0 Å². The number of rotatable bonds is 15. The Bertz CT molecular complexity index is 1210. The van der Waals surface area contributed by atoms with Crippen molar-refractivity contribution in [3.05, 3.63) is 58.1 Å². The van der Waals surface area contributed by atoms with Gasteiger partial charge in [0.25, 0.3) is 0 Å². The summed E-state index contributed by atoms with van der Waals surface area (Å²) in [7, 11) is -3.59. The largest absolute Gasteiger partial charge is 0.494 e. The summed E-state index contributed by atoms with van der Waals surface area (Å²) in [6.45, 7) is 8.99. The van der Waals surface area contributed by atoms with Gasteiger partial charge in [0.05, 0.1) is 28.6 Å². The zero-order valence-corrected chi connectivity index (χ0v) is 25.6. The molecule has 0 aliphatic carbocycles. The number of carbonyl (C=O) groups excluding carboxylic acids is 2. The van der Waals surface area contributed by atoms with Crippen LogP contribution in [0.3, 0.4) is 0 Å². The Kier molecular flexibility index (Phi) is 12.9. The lowest BCUT2D eigenvalue weighted by Gasteiger charge is -2.31. The van der Waals surface area contributed by atoms with Crippen LogP contribution in [-0.4, -0.2) is 57.1 Å². The molecule has 0 heterocycles. The van der Waals surface area contributed by atoms with E-state index in [1.807, 2.05) is 27.7 Å². The first kappa shape index (κ1) is 32.7. The van der Waals surface area contributed by atoms with E-state index in [9.17, 15) is 18.0 Å². The number of nitrogens with zero attached hydrogens (tertiary/aromatic N) is 2. The fraction of sp³-hybridized carbons (Fsp3) is 0.500. The van der Waals surface area contributed by atoms with Crippen molar-refractivity contribution >= 4 is 50.7 Å². The summed E-state index contributed by atoms with van der Waals surface area (Å²) < 4.78 is 31.8. The molecule has 0 unspecified atom stereocenters. The van der Waals surface area contributed by atoms with Gasteiger partial charge >= 0.3 is 0 Å². The lowest BCUT2D eigenvalue weighted by molar-refractivity contribution is -0.141. The van der Waals surface area contributed by atoms with E-state index in [4.69, 9.17) is 27.9 Å². The maximum absolute atomic E-state index is 13.5. The normalized spacial score (nSPS) is 12.2. The van der Waals surface area contributed by atoms with Crippen LogP contribution in [0.5, 0.6) is 5.75 Å². The standard InChI is InChI=1S/C28H39Cl2N3O5S/c1-6-26(28(35)31-18-20(3)4)32(19-21-10-15-24(29)25(30)17-21)27(34)9-8-16-33(39(5,36)37)22-11-13-23(14-12-22)38-7-2/h10-15,17,20,26H,6-9,16,18-19H2,1-5H3,(H,31,35)/t26-/m1/s1. The van der Waals surface area contributed by atoms with E-state index in [1.54, 1.807) is 42.5 Å². The highest BCUT2D eigenvalue weighted by molar-refractivity contribution is 7.92. The first-order chi connectivity index (χ1) is 18.4. The number of nitrogens with one attached hydrogen (secondary N) is 1. The van der Waals surface area contributed by atoms with Crippen molar-refractivity contribution in [2.24, 2.45) is 5.92 Å². The molecule has 11 heteroatoms. The zero-order valence-electron chi connectivity index (χ0n) is 23.2. The van der Waals surface area contributed by atoms with Crippen LogP contribution in [0, 0.1) is 5.92 Å². The fourth-order valence-corrected chi connectivity index (χ4v) is 5.34. The molecule has 0 spiro atoms. The summed E-state index contributed by atoms with van der Waals surface area (Å²) >= 11 is 12.3. The number of sulfonamides is 1. The average molecular weight is 601 g/mol. The van der Waals surface area contributed by atoms with E-state index in [0.717, 1.165) is 11.8 Å². The molecular formula is C28H39Cl2N3O5S. The Morgan fingerprint density at radius 3 is 2.23 bits per heavy atom. The van der Waals surface area contributed by atoms with Gasteiger partial charge in [-0.15, -0.1) is 0 Å². The van der Waals surface area contributed by atoms with Gasteiger partial charge in [-0.25, -0.2) is 8.42 Å². The number of anilines is 1. The van der Waals surface area contributed by atoms with Gasteiger partial charge in [-0.1, -0.05) is 50.0 Å². The van der Waals surface area contributed by atoms with Gasteiger partial charge in [-0.05, 0) is 67.6 Å². The van der Waals surface area contributed by atoms with Gasteiger partial charge in [-0.3, -0.25) is 13.9 Å². The van der Waals surface area contributed by atoms with Gasteiger partial charge in [0.2, 0.25) is 21.8 Å². The van der Waals surface area contributed by atoms with Crippen molar-refractivity contribution < 1.29 is 22.7 Å². The third kappa shape index (κ3) is 10.2. The summed E-state index contributed by atoms with van der Waals surface area (Å²) in [5.74, 6) is 0.416. The Balaban J connectivity index is 2.22. The number of hydrogen-bond donors (Lipinski definition) is 1. The summed E-state index contributed by atoms with van der Waals surface area (Å²) in [5.41, 5.74) is 1.22. The number of ether oxygens (including phenoxy) is 1. The highest BCUT2D eigenvalue weighted by Crippen LogP contribution is 2.25. The van der Waals surface area contributed by atoms with Crippen LogP contribution in [-0.2, 0) is 26.2 Å². The fourth-order valence-electron chi connectivity index (χ4n) is 4.06. The molecule has 0 fully saturated rings. The van der Waals surface area contributed by atoms with E-state index >= 15 is 0 Å². The second-order valence-corrected chi connectivity index (χ2v) is 12.4.